The summed E-state index contributed by atoms with van der Waals surface area (Å²) in [5, 5.41) is 2.92. The second-order valence-corrected chi connectivity index (χ2v) is 3.32. The second kappa shape index (κ2) is 5.26. The summed E-state index contributed by atoms with van der Waals surface area (Å²) in [4.78, 5) is 16.6. The normalized spacial score (nSPS) is 9.94. The van der Waals surface area contributed by atoms with Gasteiger partial charge >= 0.3 is 6.01 Å². The molecule has 0 radical (unpaired) electrons. The number of hydrogen-bond acceptors (Lipinski definition) is 7. The molecule has 0 aromatic carbocycles. The molecule has 0 spiro atoms. The number of aromatic nitrogens is 4. The van der Waals surface area contributed by atoms with Crippen LogP contribution in [0.3, 0.4) is 0 Å². The summed E-state index contributed by atoms with van der Waals surface area (Å²) in [6.07, 6.45) is 4.84. The molecule has 0 aliphatic heterocycles. The third-order valence-electron chi connectivity index (χ3n) is 2.27. The first-order chi connectivity index (χ1) is 8.78. The number of rotatable bonds is 4. The smallest absolute Gasteiger partial charge is 0.319 e. The van der Waals surface area contributed by atoms with Crippen LogP contribution >= 0.6 is 0 Å². The van der Waals surface area contributed by atoms with Crippen molar-refractivity contribution in [3.05, 3.63) is 18.6 Å². The number of nitrogens with one attached hydrogen (secondary N) is 1. The Morgan fingerprint density at radius 3 is 2.56 bits per heavy atom. The second-order valence-electron chi connectivity index (χ2n) is 3.32. The Hall–Kier alpha value is -2.44. The van der Waals surface area contributed by atoms with Gasteiger partial charge in [0.15, 0.2) is 0 Å². The molecular weight excluding hydrogens is 234 g/mol. The first-order valence-corrected chi connectivity index (χ1v) is 5.23. The first kappa shape index (κ1) is 12.0. The molecule has 2 rings (SSSR count). The van der Waals surface area contributed by atoms with Gasteiger partial charge in [0.05, 0.1) is 37.9 Å². The van der Waals surface area contributed by atoms with Crippen LogP contribution in [0, 0.1) is 0 Å². The fourth-order valence-electron chi connectivity index (χ4n) is 1.40. The number of ether oxygens (including phenoxy) is 2. The minimum atomic E-state index is 0.244. The van der Waals surface area contributed by atoms with E-state index in [1.165, 1.54) is 14.2 Å². The highest BCUT2D eigenvalue weighted by Crippen LogP contribution is 2.27. The van der Waals surface area contributed by atoms with Crippen LogP contribution in [0.4, 0.5) is 5.82 Å². The van der Waals surface area contributed by atoms with E-state index < -0.39 is 0 Å². The molecule has 7 heteroatoms. The third-order valence-corrected chi connectivity index (χ3v) is 2.27. The van der Waals surface area contributed by atoms with E-state index in [9.17, 15) is 0 Å². The molecule has 0 bridgehead atoms. The van der Waals surface area contributed by atoms with Crippen molar-refractivity contribution in [3.63, 3.8) is 0 Å². The van der Waals surface area contributed by atoms with Crippen molar-refractivity contribution in [3.8, 4) is 23.1 Å². The Morgan fingerprint density at radius 2 is 1.89 bits per heavy atom. The quantitative estimate of drug-likeness (QED) is 0.862. The van der Waals surface area contributed by atoms with E-state index >= 15 is 0 Å². The molecule has 0 amide bonds. The van der Waals surface area contributed by atoms with Crippen LogP contribution in [-0.2, 0) is 0 Å². The molecule has 0 saturated heterocycles. The molecular formula is C11H13N5O2. The lowest BCUT2D eigenvalue weighted by molar-refractivity contribution is 0.353. The van der Waals surface area contributed by atoms with Gasteiger partial charge in [-0.3, -0.25) is 4.98 Å². The lowest BCUT2D eigenvalue weighted by Gasteiger charge is -2.08. The van der Waals surface area contributed by atoms with E-state index in [1.54, 1.807) is 25.6 Å². The summed E-state index contributed by atoms with van der Waals surface area (Å²) >= 11 is 0. The van der Waals surface area contributed by atoms with Crippen LogP contribution < -0.4 is 14.8 Å². The Kier molecular flexibility index (Phi) is 3.52. The van der Waals surface area contributed by atoms with Crippen molar-refractivity contribution in [1.82, 2.24) is 19.9 Å². The van der Waals surface area contributed by atoms with Gasteiger partial charge in [-0.05, 0) is 0 Å². The molecule has 0 aliphatic carbocycles. The lowest BCUT2D eigenvalue weighted by atomic mass is 10.2. The topological polar surface area (TPSA) is 82.1 Å². The van der Waals surface area contributed by atoms with E-state index in [2.05, 4.69) is 25.3 Å². The molecule has 2 heterocycles. The summed E-state index contributed by atoms with van der Waals surface area (Å²) in [5.74, 6) is 1.05. The summed E-state index contributed by atoms with van der Waals surface area (Å²) in [5.41, 5.74) is 1.28. The average Bonchev–Trinajstić information content (AvgIpc) is 2.46. The van der Waals surface area contributed by atoms with E-state index in [1.807, 2.05) is 0 Å². The SMILES string of the molecule is CNc1cncc(-c2cnc(OC)nc2OC)n1. The zero-order valence-corrected chi connectivity index (χ0v) is 10.3. The molecule has 0 saturated carbocycles. The Labute approximate surface area is 104 Å². The van der Waals surface area contributed by atoms with Crippen LogP contribution in [0.5, 0.6) is 11.9 Å². The zero-order chi connectivity index (χ0) is 13.0. The highest BCUT2D eigenvalue weighted by atomic mass is 16.5. The van der Waals surface area contributed by atoms with Crippen LogP contribution in [0.15, 0.2) is 18.6 Å². The van der Waals surface area contributed by atoms with Crippen molar-refractivity contribution < 1.29 is 9.47 Å². The van der Waals surface area contributed by atoms with Gasteiger partial charge in [0.25, 0.3) is 0 Å². The summed E-state index contributed by atoms with van der Waals surface area (Å²) in [6.45, 7) is 0. The van der Waals surface area contributed by atoms with Crippen LogP contribution in [0.1, 0.15) is 0 Å². The van der Waals surface area contributed by atoms with Crippen LogP contribution in [0.25, 0.3) is 11.3 Å². The van der Waals surface area contributed by atoms with Crippen LogP contribution in [0.2, 0.25) is 0 Å². The van der Waals surface area contributed by atoms with Crippen molar-refractivity contribution in [2.45, 2.75) is 0 Å². The minimum Gasteiger partial charge on any atom is -0.480 e. The van der Waals surface area contributed by atoms with Gasteiger partial charge in [-0.2, -0.15) is 4.98 Å². The highest BCUT2D eigenvalue weighted by molar-refractivity contribution is 5.64. The number of hydrogen-bond donors (Lipinski definition) is 1. The van der Waals surface area contributed by atoms with Gasteiger partial charge in [-0.25, -0.2) is 9.97 Å². The van der Waals surface area contributed by atoms with Gasteiger partial charge in [0, 0.05) is 13.2 Å². The standard InChI is InChI=1S/C11H13N5O2/c1-12-9-6-13-5-8(15-9)7-4-14-11(18-3)16-10(7)17-2/h4-6H,1-3H3,(H,12,15). The Balaban J connectivity index is 2.48. The van der Waals surface area contributed by atoms with Gasteiger partial charge in [-0.1, -0.05) is 0 Å². The molecule has 18 heavy (non-hydrogen) atoms. The number of methoxy groups -OCH3 is 2. The van der Waals surface area contributed by atoms with E-state index in [-0.39, 0.29) is 6.01 Å². The zero-order valence-electron chi connectivity index (χ0n) is 10.3. The van der Waals surface area contributed by atoms with Gasteiger partial charge in [-0.15, -0.1) is 0 Å². The fourth-order valence-corrected chi connectivity index (χ4v) is 1.40. The molecule has 2 aromatic heterocycles. The van der Waals surface area contributed by atoms with Gasteiger partial charge in [0.1, 0.15) is 5.82 Å². The third kappa shape index (κ3) is 2.29. The summed E-state index contributed by atoms with van der Waals surface area (Å²) in [6, 6.07) is 0.244. The molecule has 2 aromatic rings. The van der Waals surface area contributed by atoms with E-state index in [0.717, 1.165) is 0 Å². The van der Waals surface area contributed by atoms with Gasteiger partial charge < -0.3 is 14.8 Å². The molecule has 7 nitrogen and oxygen atoms in total. The molecule has 0 aliphatic rings. The van der Waals surface area contributed by atoms with Crippen molar-refractivity contribution in [2.75, 3.05) is 26.6 Å². The number of nitrogens with zero attached hydrogens (tertiary/aromatic N) is 4. The van der Waals surface area contributed by atoms with E-state index in [4.69, 9.17) is 9.47 Å². The van der Waals surface area contributed by atoms with Gasteiger partial charge in [0.2, 0.25) is 5.88 Å². The Bertz CT molecular complexity index is 547. The maximum atomic E-state index is 5.20. The lowest BCUT2D eigenvalue weighted by Crippen LogP contribution is -2.00. The highest BCUT2D eigenvalue weighted by Gasteiger charge is 2.12. The predicted octanol–water partition coefficient (Wildman–Crippen LogP) is 0.992. The number of anilines is 1. The first-order valence-electron chi connectivity index (χ1n) is 5.23. The van der Waals surface area contributed by atoms with Crippen molar-refractivity contribution in [2.24, 2.45) is 0 Å². The Morgan fingerprint density at radius 1 is 1.06 bits per heavy atom. The van der Waals surface area contributed by atoms with E-state index in [0.29, 0.717) is 23.0 Å². The minimum absolute atomic E-state index is 0.244. The molecule has 0 fully saturated rings. The summed E-state index contributed by atoms with van der Waals surface area (Å²) in [7, 11) is 4.80. The summed E-state index contributed by atoms with van der Waals surface area (Å²) < 4.78 is 10.1. The molecule has 0 unspecified atom stereocenters. The van der Waals surface area contributed by atoms with Crippen molar-refractivity contribution >= 4 is 5.82 Å². The van der Waals surface area contributed by atoms with Crippen molar-refractivity contribution in [1.29, 1.82) is 0 Å². The fraction of sp³-hybridized carbons (Fsp3) is 0.273. The maximum absolute atomic E-state index is 5.20. The molecule has 0 atom stereocenters. The molecule has 1 N–H and O–H groups in total. The van der Waals surface area contributed by atoms with Crippen LogP contribution in [-0.4, -0.2) is 41.2 Å². The largest absolute Gasteiger partial charge is 0.480 e. The maximum Gasteiger partial charge on any atom is 0.319 e. The molecule has 94 valence electrons. The monoisotopic (exact) mass is 247 g/mol. The average molecular weight is 247 g/mol. The predicted molar refractivity (Wildman–Crippen MR) is 65.7 cm³/mol.